The molecule has 10 nitrogen and oxygen atoms in total. The molecule has 0 saturated carbocycles. The molecular weight excluding hydrogens is 921 g/mol. The third-order valence-corrected chi connectivity index (χ3v) is 21.0. The number of carbonyl (C=O) groups is 1. The summed E-state index contributed by atoms with van der Waals surface area (Å²) in [5.41, 5.74) is 4.06. The molecule has 0 spiro atoms. The molecule has 0 amide bonds. The third-order valence-electron chi connectivity index (χ3n) is 14.9. The number of ether oxygens (including phenoxy) is 8. The molecule has 0 unspecified atom stereocenters. The van der Waals surface area contributed by atoms with E-state index in [9.17, 15) is 4.79 Å². The molecule has 0 aliphatic carbocycles. The van der Waals surface area contributed by atoms with E-state index < -0.39 is 38.3 Å². The summed E-state index contributed by atoms with van der Waals surface area (Å²) >= 11 is 0. The molecule has 72 heavy (non-hydrogen) atoms. The summed E-state index contributed by atoms with van der Waals surface area (Å²) < 4.78 is 59.2. The molecule has 5 rings (SSSR count). The Hall–Kier alpha value is -4.17. The molecule has 0 radical (unpaired) electrons. The fraction of sp³-hybridized carbons (Fsp3) is 0.557. The minimum atomic E-state index is -2.37. The van der Waals surface area contributed by atoms with Crippen molar-refractivity contribution >= 4 is 14.3 Å². The first kappa shape index (κ1) is 58.7. The summed E-state index contributed by atoms with van der Waals surface area (Å²) in [6.07, 6.45) is 5.91. The Morgan fingerprint density at radius 3 is 1.94 bits per heavy atom. The van der Waals surface area contributed by atoms with E-state index in [1.54, 1.807) is 14.2 Å². The van der Waals surface area contributed by atoms with Crippen LogP contribution in [-0.4, -0.2) is 80.0 Å². The monoisotopic (exact) mass is 1010 g/mol. The van der Waals surface area contributed by atoms with Gasteiger partial charge < -0.3 is 42.3 Å². The summed E-state index contributed by atoms with van der Waals surface area (Å²) in [7, 11) is 0.950. The zero-order valence-corrected chi connectivity index (χ0v) is 46.5. The van der Waals surface area contributed by atoms with Gasteiger partial charge in [-0.05, 0) is 89.5 Å². The standard InChI is InChI=1S/C61H88O10Si/c1-12-13-31-55(57-58(68-44-63-10)56(70-60(71-57)53-29-21-16-22-30-53)42-69-72(45(2)3,46(4)5)47(6)7)61(43-67-59(62)52-27-19-15-20-28-52,36-23-24-37-65-40-51-32-34-54(64-11)35-33-51)38-48(8)49(9)39-66-41-50-25-17-14-18-26-50/h13-22,25-35,45-49,55-58,60H,12,23-24,36-44H2,1-11H3/t48-,49-,55+,56+,57-,58+,60+,61-/m0/s1. The minimum absolute atomic E-state index is 0.0272. The van der Waals surface area contributed by atoms with Crippen molar-refractivity contribution in [1.82, 2.24) is 0 Å². The third kappa shape index (κ3) is 16.7. The first-order valence-electron chi connectivity index (χ1n) is 26.6. The van der Waals surface area contributed by atoms with Crippen LogP contribution >= 0.6 is 0 Å². The van der Waals surface area contributed by atoms with Gasteiger partial charge in [0.1, 0.15) is 24.8 Å². The lowest BCUT2D eigenvalue weighted by Gasteiger charge is -2.51. The summed E-state index contributed by atoms with van der Waals surface area (Å²) in [5.74, 6) is 0.422. The number of benzene rings is 4. The highest BCUT2D eigenvalue weighted by molar-refractivity contribution is 6.77. The van der Waals surface area contributed by atoms with Gasteiger partial charge in [0.05, 0.1) is 45.2 Å². The Balaban J connectivity index is 1.61. The average molecular weight is 1010 g/mol. The van der Waals surface area contributed by atoms with Crippen LogP contribution in [0.5, 0.6) is 5.75 Å². The maximum Gasteiger partial charge on any atom is 0.338 e. The molecule has 0 bridgehead atoms. The smallest absolute Gasteiger partial charge is 0.338 e. The lowest BCUT2D eigenvalue weighted by molar-refractivity contribution is -0.323. The van der Waals surface area contributed by atoms with Crippen LogP contribution in [-0.2, 0) is 50.8 Å². The number of carbonyl (C=O) groups excluding carboxylic acids is 1. The Labute approximate surface area is 434 Å². The number of unbranched alkanes of at least 4 members (excludes halogenated alkanes) is 1. The second-order valence-corrected chi connectivity index (χ2v) is 26.3. The number of methoxy groups -OCH3 is 2. The van der Waals surface area contributed by atoms with Crippen molar-refractivity contribution in [2.24, 2.45) is 23.2 Å². The Kier molecular flexibility index (Phi) is 24.7. The molecule has 4 aromatic carbocycles. The summed E-state index contributed by atoms with van der Waals surface area (Å²) in [4.78, 5) is 14.2. The highest BCUT2D eigenvalue weighted by atomic mass is 28.4. The molecule has 1 saturated heterocycles. The molecule has 4 aromatic rings. The van der Waals surface area contributed by atoms with Crippen molar-refractivity contribution < 1.29 is 47.1 Å². The van der Waals surface area contributed by atoms with Gasteiger partial charge in [-0.3, -0.25) is 0 Å². The van der Waals surface area contributed by atoms with Crippen LogP contribution in [0.1, 0.15) is 128 Å². The molecule has 11 heteroatoms. The molecule has 1 heterocycles. The molecule has 0 aromatic heterocycles. The van der Waals surface area contributed by atoms with Gasteiger partial charge in [0, 0.05) is 37.2 Å². The van der Waals surface area contributed by atoms with E-state index in [0.29, 0.717) is 68.1 Å². The van der Waals surface area contributed by atoms with Crippen molar-refractivity contribution in [3.63, 3.8) is 0 Å². The molecule has 1 fully saturated rings. The van der Waals surface area contributed by atoms with Gasteiger partial charge in [0.2, 0.25) is 0 Å². The number of esters is 1. The van der Waals surface area contributed by atoms with Gasteiger partial charge in [-0.1, -0.05) is 172 Å². The average Bonchev–Trinajstić information content (AvgIpc) is 3.39. The van der Waals surface area contributed by atoms with E-state index >= 15 is 0 Å². The van der Waals surface area contributed by atoms with Crippen molar-refractivity contribution in [3.8, 4) is 5.75 Å². The molecule has 396 valence electrons. The Morgan fingerprint density at radius 1 is 0.722 bits per heavy atom. The number of allylic oxidation sites excluding steroid dienone is 1. The lowest BCUT2D eigenvalue weighted by atomic mass is 9.63. The van der Waals surface area contributed by atoms with Crippen LogP contribution in [0.3, 0.4) is 0 Å². The van der Waals surface area contributed by atoms with Gasteiger partial charge in [-0.2, -0.15) is 0 Å². The highest BCUT2D eigenvalue weighted by Gasteiger charge is 2.53. The largest absolute Gasteiger partial charge is 0.497 e. The van der Waals surface area contributed by atoms with E-state index in [2.05, 4.69) is 98.7 Å². The van der Waals surface area contributed by atoms with E-state index in [1.165, 1.54) is 0 Å². The molecule has 0 N–H and O–H groups in total. The molecule has 1 aliphatic heterocycles. The number of hydrogen-bond acceptors (Lipinski definition) is 10. The first-order chi connectivity index (χ1) is 34.8. The Bertz CT molecular complexity index is 2100. The van der Waals surface area contributed by atoms with Gasteiger partial charge >= 0.3 is 5.97 Å². The first-order valence-corrected chi connectivity index (χ1v) is 28.7. The Morgan fingerprint density at radius 2 is 1.33 bits per heavy atom. The summed E-state index contributed by atoms with van der Waals surface area (Å²) in [6.45, 7) is 23.2. The van der Waals surface area contributed by atoms with Crippen LogP contribution in [0.25, 0.3) is 0 Å². The number of hydrogen-bond donors (Lipinski definition) is 0. The van der Waals surface area contributed by atoms with Crippen molar-refractivity contribution in [2.45, 2.75) is 149 Å². The maximum atomic E-state index is 14.2. The quantitative estimate of drug-likeness (QED) is 0.0155. The second kappa shape index (κ2) is 30.3. The van der Waals surface area contributed by atoms with Crippen molar-refractivity contribution in [3.05, 3.63) is 150 Å². The maximum absolute atomic E-state index is 14.2. The van der Waals surface area contributed by atoms with E-state index in [-0.39, 0.29) is 37.1 Å². The fourth-order valence-corrected chi connectivity index (χ4v) is 16.4. The predicted molar refractivity (Wildman–Crippen MR) is 290 cm³/mol. The summed E-state index contributed by atoms with van der Waals surface area (Å²) in [5, 5.41) is 0. The van der Waals surface area contributed by atoms with E-state index in [4.69, 9.17) is 42.3 Å². The van der Waals surface area contributed by atoms with Crippen molar-refractivity contribution in [2.75, 3.05) is 47.4 Å². The van der Waals surface area contributed by atoms with Gasteiger partial charge in [-0.15, -0.1) is 0 Å². The highest BCUT2D eigenvalue weighted by Crippen LogP contribution is 2.50. The van der Waals surface area contributed by atoms with Crippen molar-refractivity contribution in [1.29, 1.82) is 0 Å². The minimum Gasteiger partial charge on any atom is -0.497 e. The second-order valence-electron chi connectivity index (χ2n) is 20.9. The number of rotatable bonds is 32. The molecular formula is C61H88O10Si. The van der Waals surface area contributed by atoms with Crippen LogP contribution in [0, 0.1) is 23.2 Å². The van der Waals surface area contributed by atoms with E-state index in [1.807, 2.05) is 91.0 Å². The van der Waals surface area contributed by atoms with Crippen LogP contribution < -0.4 is 4.74 Å². The normalized spacial score (nSPS) is 19.6. The van der Waals surface area contributed by atoms with Crippen LogP contribution in [0.2, 0.25) is 16.6 Å². The van der Waals surface area contributed by atoms with Gasteiger partial charge in [0.15, 0.2) is 14.6 Å². The zero-order chi connectivity index (χ0) is 51.9. The zero-order valence-electron chi connectivity index (χ0n) is 45.5. The van der Waals surface area contributed by atoms with Crippen LogP contribution in [0.15, 0.2) is 127 Å². The topological polar surface area (TPSA) is 100 Å². The molecule has 8 atom stereocenters. The predicted octanol–water partition coefficient (Wildman–Crippen LogP) is 14.4. The van der Waals surface area contributed by atoms with E-state index in [0.717, 1.165) is 41.7 Å². The summed E-state index contributed by atoms with van der Waals surface area (Å²) in [6, 6.07) is 37.7. The van der Waals surface area contributed by atoms with Gasteiger partial charge in [-0.25, -0.2) is 4.79 Å². The lowest BCUT2D eigenvalue weighted by Crippen LogP contribution is -2.59. The SMILES string of the molecule is CCC=C[C@H]([C@@H]1O[C@H](c2ccccc2)O[C@H](CO[Si](C(C)C)(C(C)C)C(C)C)[C@H]1OCOC)[C@](CCCCOCc1ccc(OC)cc1)(COC(=O)c1ccccc1)C[C@H](C)[C@@H](C)COCc1ccccc1. The van der Waals surface area contributed by atoms with Crippen LogP contribution in [0.4, 0.5) is 0 Å². The van der Waals surface area contributed by atoms with Gasteiger partial charge in [0.25, 0.3) is 0 Å². The fourth-order valence-electron chi connectivity index (χ4n) is 10.9. The molecule has 1 aliphatic rings.